The molecule has 0 aromatic heterocycles. The highest BCUT2D eigenvalue weighted by Crippen LogP contribution is 2.17. The number of para-hydroxylation sites is 1. The van der Waals surface area contributed by atoms with Gasteiger partial charge in [0.25, 0.3) is 0 Å². The first-order valence-corrected chi connectivity index (χ1v) is 4.04. The van der Waals surface area contributed by atoms with Crippen LogP contribution < -0.4 is 9.84 Å². The molecule has 1 atom stereocenters. The van der Waals surface area contributed by atoms with Crippen LogP contribution in [-0.4, -0.2) is 12.1 Å². The Labute approximate surface area is 77.0 Å². The van der Waals surface area contributed by atoms with Crippen molar-refractivity contribution in [3.63, 3.8) is 0 Å². The summed E-state index contributed by atoms with van der Waals surface area (Å²) in [5.74, 6) is -0.623. The number of rotatable bonds is 3. The van der Waals surface area contributed by atoms with Gasteiger partial charge in [-0.2, -0.15) is 0 Å². The van der Waals surface area contributed by atoms with Gasteiger partial charge in [-0.25, -0.2) is 0 Å². The van der Waals surface area contributed by atoms with E-state index in [0.717, 1.165) is 5.56 Å². The molecule has 13 heavy (non-hydrogen) atoms. The molecule has 0 saturated heterocycles. The molecule has 1 rings (SSSR count). The molecule has 0 aliphatic heterocycles. The minimum atomic E-state index is -1.21. The molecule has 1 aromatic carbocycles. The zero-order valence-electron chi connectivity index (χ0n) is 7.61. The van der Waals surface area contributed by atoms with Crippen molar-refractivity contribution in [3.8, 4) is 5.75 Å². The van der Waals surface area contributed by atoms with Gasteiger partial charge in [-0.05, 0) is 25.5 Å². The molecule has 0 spiro atoms. The van der Waals surface area contributed by atoms with Crippen LogP contribution in [0.15, 0.2) is 24.3 Å². The molecule has 0 bridgehead atoms. The maximum Gasteiger partial charge on any atom is 0.135 e. The smallest absolute Gasteiger partial charge is 0.135 e. The van der Waals surface area contributed by atoms with Crippen LogP contribution in [0.4, 0.5) is 0 Å². The number of carbonyl (C=O) groups excluding carboxylic acids is 1. The molecule has 0 fully saturated rings. The molecule has 1 aromatic rings. The highest BCUT2D eigenvalue weighted by molar-refractivity contribution is 5.69. The van der Waals surface area contributed by atoms with Gasteiger partial charge in [0.2, 0.25) is 0 Å². The van der Waals surface area contributed by atoms with Crippen LogP contribution in [0.25, 0.3) is 0 Å². The minimum absolute atomic E-state index is 0.583. The van der Waals surface area contributed by atoms with Crippen LogP contribution in [0, 0.1) is 6.92 Å². The quantitative estimate of drug-likeness (QED) is 0.679. The van der Waals surface area contributed by atoms with Crippen molar-refractivity contribution in [3.05, 3.63) is 29.8 Å². The fraction of sp³-hybridized carbons (Fsp3) is 0.300. The molecule has 3 nitrogen and oxygen atoms in total. The van der Waals surface area contributed by atoms with E-state index in [1.807, 2.05) is 19.1 Å². The largest absolute Gasteiger partial charge is 0.546 e. The molecule has 70 valence electrons. The van der Waals surface area contributed by atoms with Crippen molar-refractivity contribution in [2.45, 2.75) is 20.0 Å². The Hall–Kier alpha value is -1.51. The van der Waals surface area contributed by atoms with E-state index in [2.05, 4.69) is 0 Å². The molecule has 0 heterocycles. The van der Waals surface area contributed by atoms with Gasteiger partial charge in [0, 0.05) is 0 Å². The number of carboxylic acid groups (broad SMARTS) is 1. The lowest BCUT2D eigenvalue weighted by atomic mass is 10.2. The van der Waals surface area contributed by atoms with Gasteiger partial charge >= 0.3 is 0 Å². The first-order valence-electron chi connectivity index (χ1n) is 4.04. The van der Waals surface area contributed by atoms with Crippen LogP contribution >= 0.6 is 0 Å². The van der Waals surface area contributed by atoms with Crippen LogP contribution in [0.1, 0.15) is 12.5 Å². The molecular weight excluding hydrogens is 168 g/mol. The van der Waals surface area contributed by atoms with Crippen LogP contribution in [0.5, 0.6) is 5.75 Å². The van der Waals surface area contributed by atoms with E-state index in [4.69, 9.17) is 4.74 Å². The number of hydrogen-bond donors (Lipinski definition) is 0. The highest BCUT2D eigenvalue weighted by Gasteiger charge is 2.05. The Morgan fingerprint density at radius 3 is 2.62 bits per heavy atom. The molecule has 0 amide bonds. The number of hydrogen-bond acceptors (Lipinski definition) is 3. The molecular formula is C10H11O3-. The van der Waals surface area contributed by atoms with Crippen molar-refractivity contribution in [1.29, 1.82) is 0 Å². The van der Waals surface area contributed by atoms with E-state index < -0.39 is 12.1 Å². The number of ether oxygens (including phenoxy) is 1. The monoisotopic (exact) mass is 179 g/mol. The second-order valence-corrected chi connectivity index (χ2v) is 2.84. The Balaban J connectivity index is 2.74. The summed E-state index contributed by atoms with van der Waals surface area (Å²) in [7, 11) is 0. The summed E-state index contributed by atoms with van der Waals surface area (Å²) in [6, 6.07) is 7.25. The molecule has 0 aliphatic carbocycles. The minimum Gasteiger partial charge on any atom is -0.546 e. The highest BCUT2D eigenvalue weighted by atomic mass is 16.5. The topological polar surface area (TPSA) is 49.4 Å². The first-order chi connectivity index (χ1) is 6.11. The zero-order chi connectivity index (χ0) is 9.84. The number of aliphatic carboxylic acids is 1. The summed E-state index contributed by atoms with van der Waals surface area (Å²) >= 11 is 0. The number of carbonyl (C=O) groups is 1. The van der Waals surface area contributed by atoms with E-state index >= 15 is 0 Å². The number of benzene rings is 1. The predicted molar refractivity (Wildman–Crippen MR) is 46.3 cm³/mol. The number of carboxylic acids is 1. The van der Waals surface area contributed by atoms with Gasteiger partial charge in [-0.1, -0.05) is 18.2 Å². The van der Waals surface area contributed by atoms with Gasteiger partial charge in [0.1, 0.15) is 11.9 Å². The van der Waals surface area contributed by atoms with Gasteiger partial charge in [0.05, 0.1) is 5.97 Å². The maximum atomic E-state index is 10.4. The normalized spacial score (nSPS) is 12.2. The Morgan fingerprint density at radius 2 is 2.08 bits per heavy atom. The van der Waals surface area contributed by atoms with Crippen molar-refractivity contribution in [2.24, 2.45) is 0 Å². The van der Waals surface area contributed by atoms with E-state index in [-0.39, 0.29) is 0 Å². The third-order valence-electron chi connectivity index (χ3n) is 1.73. The van der Waals surface area contributed by atoms with Crippen LogP contribution in [0.3, 0.4) is 0 Å². The zero-order valence-corrected chi connectivity index (χ0v) is 7.61. The lowest BCUT2D eigenvalue weighted by molar-refractivity contribution is -0.312. The first kappa shape index (κ1) is 9.58. The van der Waals surface area contributed by atoms with Crippen molar-refractivity contribution in [2.75, 3.05) is 0 Å². The average Bonchev–Trinajstić information content (AvgIpc) is 2.08. The third kappa shape index (κ3) is 2.47. The van der Waals surface area contributed by atoms with Crippen LogP contribution in [0.2, 0.25) is 0 Å². The summed E-state index contributed by atoms with van der Waals surface area (Å²) in [6.45, 7) is 3.30. The standard InChI is InChI=1S/C10H12O3/c1-7-5-3-4-6-9(7)13-8(2)10(11)12/h3-6,8H,1-2H3,(H,11,12)/p-1/t8-/m1/s1. The summed E-state index contributed by atoms with van der Waals surface area (Å²) in [6.07, 6.45) is -0.916. The summed E-state index contributed by atoms with van der Waals surface area (Å²) in [4.78, 5) is 10.4. The van der Waals surface area contributed by atoms with Crippen molar-refractivity contribution in [1.82, 2.24) is 0 Å². The molecule has 0 unspecified atom stereocenters. The second-order valence-electron chi connectivity index (χ2n) is 2.84. The van der Waals surface area contributed by atoms with Gasteiger partial charge in [-0.3, -0.25) is 0 Å². The molecule has 0 N–H and O–H groups in total. The van der Waals surface area contributed by atoms with E-state index in [0.29, 0.717) is 5.75 Å². The van der Waals surface area contributed by atoms with Crippen molar-refractivity contribution >= 4 is 5.97 Å². The second kappa shape index (κ2) is 3.94. The van der Waals surface area contributed by atoms with Crippen molar-refractivity contribution < 1.29 is 14.6 Å². The molecule has 3 heteroatoms. The fourth-order valence-electron chi connectivity index (χ4n) is 0.927. The Kier molecular flexibility index (Phi) is 2.90. The summed E-state index contributed by atoms with van der Waals surface area (Å²) in [5, 5.41) is 10.4. The van der Waals surface area contributed by atoms with E-state index in [1.165, 1.54) is 6.92 Å². The SMILES string of the molecule is Cc1ccccc1O[C@H](C)C(=O)[O-]. The summed E-state index contributed by atoms with van der Waals surface area (Å²) < 4.78 is 5.14. The van der Waals surface area contributed by atoms with Crippen LogP contribution in [-0.2, 0) is 4.79 Å². The van der Waals surface area contributed by atoms with E-state index in [9.17, 15) is 9.90 Å². The predicted octanol–water partition coefficient (Wildman–Crippen LogP) is 0.512. The number of aryl methyl sites for hydroxylation is 1. The Bertz CT molecular complexity index is 307. The fourth-order valence-corrected chi connectivity index (χ4v) is 0.927. The van der Waals surface area contributed by atoms with Gasteiger partial charge in [-0.15, -0.1) is 0 Å². The van der Waals surface area contributed by atoms with Gasteiger partial charge < -0.3 is 14.6 Å². The van der Waals surface area contributed by atoms with Gasteiger partial charge in [0.15, 0.2) is 0 Å². The van der Waals surface area contributed by atoms with E-state index in [1.54, 1.807) is 12.1 Å². The lowest BCUT2D eigenvalue weighted by Crippen LogP contribution is -2.37. The Morgan fingerprint density at radius 1 is 1.46 bits per heavy atom. The third-order valence-corrected chi connectivity index (χ3v) is 1.73. The average molecular weight is 179 g/mol. The lowest BCUT2D eigenvalue weighted by Gasteiger charge is -2.16. The summed E-state index contributed by atoms with van der Waals surface area (Å²) in [5.41, 5.74) is 0.913. The molecule has 0 saturated carbocycles. The maximum absolute atomic E-state index is 10.4. The molecule has 0 aliphatic rings. The molecule has 0 radical (unpaired) electrons.